The Morgan fingerprint density at radius 2 is 1.47 bits per heavy atom. The van der Waals surface area contributed by atoms with E-state index in [9.17, 15) is 14.4 Å². The highest BCUT2D eigenvalue weighted by atomic mass is 16.5. The molecule has 1 atom stereocenters. The molecule has 0 aliphatic heterocycles. The van der Waals surface area contributed by atoms with Crippen molar-refractivity contribution in [1.29, 1.82) is 0 Å². The maximum Gasteiger partial charge on any atom is 0.407 e. The third-order valence-corrected chi connectivity index (χ3v) is 6.16. The van der Waals surface area contributed by atoms with Gasteiger partial charge in [-0.15, -0.1) is 0 Å². The van der Waals surface area contributed by atoms with Crippen LogP contribution in [0, 0.1) is 5.41 Å². The van der Waals surface area contributed by atoms with Gasteiger partial charge in [-0.3, -0.25) is 9.59 Å². The van der Waals surface area contributed by atoms with Gasteiger partial charge in [0.25, 0.3) is 0 Å². The number of carbonyl (C=O) groups excluding carboxylic acids is 2. The third kappa shape index (κ3) is 5.95. The Kier molecular flexibility index (Phi) is 7.34. The molecule has 2 aromatic carbocycles. The van der Waals surface area contributed by atoms with E-state index in [1.165, 1.54) is 0 Å². The molecule has 2 amide bonds. The molecule has 0 fully saturated rings. The summed E-state index contributed by atoms with van der Waals surface area (Å²) in [5, 5.41) is 14.6. The Labute approximate surface area is 200 Å². The summed E-state index contributed by atoms with van der Waals surface area (Å²) in [4.78, 5) is 36.7. The summed E-state index contributed by atoms with van der Waals surface area (Å²) < 4.78 is 5.62. The van der Waals surface area contributed by atoms with Crippen molar-refractivity contribution in [3.63, 3.8) is 0 Å². The molecule has 2 aromatic rings. The van der Waals surface area contributed by atoms with Crippen LogP contribution >= 0.6 is 0 Å². The normalized spacial score (nSPS) is 14.0. The van der Waals surface area contributed by atoms with Crippen LogP contribution < -0.4 is 10.6 Å². The molecule has 3 N–H and O–H groups in total. The van der Waals surface area contributed by atoms with Crippen LogP contribution in [0.5, 0.6) is 0 Å². The number of hydrogen-bond donors (Lipinski definition) is 3. The molecule has 0 saturated heterocycles. The van der Waals surface area contributed by atoms with Crippen LogP contribution in [0.15, 0.2) is 48.5 Å². The minimum absolute atomic E-state index is 0.0622. The average molecular weight is 467 g/mol. The zero-order valence-electron chi connectivity index (χ0n) is 20.5. The van der Waals surface area contributed by atoms with Crippen molar-refractivity contribution in [1.82, 2.24) is 10.6 Å². The first-order chi connectivity index (χ1) is 15.9. The predicted octanol–water partition coefficient (Wildman–Crippen LogP) is 4.70. The number of benzene rings is 2. The highest BCUT2D eigenvalue weighted by Gasteiger charge is 2.36. The van der Waals surface area contributed by atoms with Gasteiger partial charge in [0.15, 0.2) is 0 Å². The second kappa shape index (κ2) is 9.87. The third-order valence-electron chi connectivity index (χ3n) is 6.16. The van der Waals surface area contributed by atoms with Crippen molar-refractivity contribution in [2.75, 3.05) is 6.61 Å². The van der Waals surface area contributed by atoms with Gasteiger partial charge in [-0.25, -0.2) is 4.79 Å². The molecule has 0 unspecified atom stereocenters. The van der Waals surface area contributed by atoms with Crippen LogP contribution in [-0.4, -0.2) is 41.3 Å². The number of carboxylic acid groups (broad SMARTS) is 1. The summed E-state index contributed by atoms with van der Waals surface area (Å²) in [5.41, 5.74) is 3.19. The Morgan fingerprint density at radius 3 is 1.97 bits per heavy atom. The van der Waals surface area contributed by atoms with Crippen molar-refractivity contribution >= 4 is 18.0 Å². The first-order valence-electron chi connectivity index (χ1n) is 11.5. The van der Waals surface area contributed by atoms with E-state index in [2.05, 4.69) is 22.8 Å². The fraction of sp³-hybridized carbons (Fsp3) is 0.444. The first-order valence-corrected chi connectivity index (χ1v) is 11.5. The standard InChI is InChI=1S/C27H34N2O5/c1-26(2,3)23(24(32)29-27(4,5)15-14-22(30)31)28-25(33)34-16-21-19-12-8-6-10-17(19)18-11-7-9-13-20(18)21/h6-13,21,23H,14-16H2,1-5H3,(H,28,33)(H,29,32)(H,30,31)/t23-/m0/s1. The number of carbonyl (C=O) groups is 3. The molecule has 0 bridgehead atoms. The van der Waals surface area contributed by atoms with E-state index in [4.69, 9.17) is 9.84 Å². The maximum atomic E-state index is 13.0. The molecule has 0 saturated carbocycles. The van der Waals surface area contributed by atoms with Crippen molar-refractivity contribution < 1.29 is 24.2 Å². The van der Waals surface area contributed by atoms with Crippen molar-refractivity contribution in [2.24, 2.45) is 5.41 Å². The van der Waals surface area contributed by atoms with E-state index in [0.29, 0.717) is 0 Å². The van der Waals surface area contributed by atoms with Crippen LogP contribution in [0.3, 0.4) is 0 Å². The highest BCUT2D eigenvalue weighted by molar-refractivity contribution is 5.87. The molecule has 0 spiro atoms. The number of ether oxygens (including phenoxy) is 1. The van der Waals surface area contributed by atoms with Gasteiger partial charge >= 0.3 is 12.1 Å². The molecule has 0 radical (unpaired) electrons. The lowest BCUT2D eigenvalue weighted by Crippen LogP contribution is -2.58. The van der Waals surface area contributed by atoms with Gasteiger partial charge in [-0.2, -0.15) is 0 Å². The molecule has 1 aliphatic carbocycles. The number of carboxylic acids is 1. The van der Waals surface area contributed by atoms with Crippen LogP contribution in [-0.2, 0) is 14.3 Å². The summed E-state index contributed by atoms with van der Waals surface area (Å²) in [6.07, 6.45) is -0.455. The molecule has 7 heteroatoms. The zero-order valence-corrected chi connectivity index (χ0v) is 20.5. The molecule has 34 heavy (non-hydrogen) atoms. The smallest absolute Gasteiger partial charge is 0.407 e. The van der Waals surface area contributed by atoms with Gasteiger partial charge in [0.05, 0.1) is 0 Å². The van der Waals surface area contributed by atoms with Crippen LogP contribution in [0.25, 0.3) is 11.1 Å². The van der Waals surface area contributed by atoms with Gasteiger partial charge in [0, 0.05) is 17.9 Å². The Morgan fingerprint density at radius 1 is 0.941 bits per heavy atom. The number of rotatable bonds is 8. The van der Waals surface area contributed by atoms with Crippen molar-refractivity contribution in [2.45, 2.75) is 65.0 Å². The van der Waals surface area contributed by atoms with Crippen molar-refractivity contribution in [3.8, 4) is 11.1 Å². The molecule has 7 nitrogen and oxygen atoms in total. The van der Waals surface area contributed by atoms with E-state index in [-0.39, 0.29) is 31.3 Å². The van der Waals surface area contributed by atoms with Crippen LogP contribution in [0.4, 0.5) is 4.79 Å². The van der Waals surface area contributed by atoms with Crippen molar-refractivity contribution in [3.05, 3.63) is 59.7 Å². The lowest BCUT2D eigenvalue weighted by molar-refractivity contribution is -0.138. The number of fused-ring (bicyclic) bond motifs is 3. The molecule has 3 rings (SSSR count). The second-order valence-corrected chi connectivity index (χ2v) is 10.5. The van der Waals surface area contributed by atoms with Gasteiger partial charge in [0.2, 0.25) is 5.91 Å². The second-order valence-electron chi connectivity index (χ2n) is 10.5. The minimum atomic E-state index is -0.925. The fourth-order valence-corrected chi connectivity index (χ4v) is 4.32. The lowest BCUT2D eigenvalue weighted by Gasteiger charge is -2.34. The lowest BCUT2D eigenvalue weighted by atomic mass is 9.85. The summed E-state index contributed by atoms with van der Waals surface area (Å²) in [6, 6.07) is 15.3. The monoisotopic (exact) mass is 466 g/mol. The number of hydrogen-bond acceptors (Lipinski definition) is 4. The van der Waals surface area contributed by atoms with E-state index >= 15 is 0 Å². The number of aliphatic carboxylic acids is 1. The predicted molar refractivity (Wildman–Crippen MR) is 131 cm³/mol. The van der Waals surface area contributed by atoms with E-state index in [1.807, 2.05) is 57.2 Å². The summed E-state index contributed by atoms with van der Waals surface area (Å²) in [7, 11) is 0. The topological polar surface area (TPSA) is 105 Å². The SMILES string of the molecule is CC(C)(CCC(=O)O)NC(=O)[C@H](NC(=O)OCC1c2ccccc2-c2ccccc21)C(C)(C)C. The summed E-state index contributed by atoms with van der Waals surface area (Å²) in [6.45, 7) is 9.24. The maximum absolute atomic E-state index is 13.0. The molecule has 0 aromatic heterocycles. The van der Waals surface area contributed by atoms with Crippen LogP contribution in [0.1, 0.15) is 64.5 Å². The Bertz CT molecular complexity index is 1030. The van der Waals surface area contributed by atoms with Gasteiger partial charge < -0.3 is 20.5 Å². The van der Waals surface area contributed by atoms with Gasteiger partial charge in [-0.05, 0) is 47.9 Å². The molecule has 1 aliphatic rings. The summed E-state index contributed by atoms with van der Waals surface area (Å²) in [5.74, 6) is -1.38. The molecular weight excluding hydrogens is 432 g/mol. The molecule has 0 heterocycles. The highest BCUT2D eigenvalue weighted by Crippen LogP contribution is 2.44. The van der Waals surface area contributed by atoms with Gasteiger partial charge in [0.1, 0.15) is 12.6 Å². The first kappa shape index (κ1) is 25.3. The Balaban J connectivity index is 1.67. The average Bonchev–Trinajstić information content (AvgIpc) is 3.07. The molecule has 182 valence electrons. The number of nitrogens with one attached hydrogen (secondary N) is 2. The quantitative estimate of drug-likeness (QED) is 0.523. The summed E-state index contributed by atoms with van der Waals surface area (Å²) >= 11 is 0. The van der Waals surface area contributed by atoms with Gasteiger partial charge in [-0.1, -0.05) is 69.3 Å². The number of alkyl carbamates (subject to hydrolysis) is 1. The zero-order chi connectivity index (χ0) is 25.1. The number of amides is 2. The minimum Gasteiger partial charge on any atom is -0.481 e. The largest absolute Gasteiger partial charge is 0.481 e. The van der Waals surface area contributed by atoms with E-state index in [0.717, 1.165) is 22.3 Å². The fourth-order valence-electron chi connectivity index (χ4n) is 4.32. The Hall–Kier alpha value is -3.35. The van der Waals surface area contributed by atoms with E-state index in [1.54, 1.807) is 13.8 Å². The molecular formula is C27H34N2O5. The van der Waals surface area contributed by atoms with E-state index < -0.39 is 29.1 Å². The van der Waals surface area contributed by atoms with Crippen LogP contribution in [0.2, 0.25) is 0 Å².